The van der Waals surface area contributed by atoms with Gasteiger partial charge in [-0.25, -0.2) is 0 Å². The summed E-state index contributed by atoms with van der Waals surface area (Å²) in [5.74, 6) is 1.60. The Kier molecular flexibility index (Phi) is 6.73. The molecule has 5 heteroatoms. The first kappa shape index (κ1) is 21.2. The van der Waals surface area contributed by atoms with Crippen LogP contribution in [0.2, 0.25) is 0 Å². The quantitative estimate of drug-likeness (QED) is 0.538. The number of piperidine rings is 1. The van der Waals surface area contributed by atoms with E-state index in [1.165, 1.54) is 11.0 Å². The van der Waals surface area contributed by atoms with Gasteiger partial charge in [-0.3, -0.25) is 9.69 Å². The fourth-order valence-electron chi connectivity index (χ4n) is 3.82. The number of benzene rings is 2. The summed E-state index contributed by atoms with van der Waals surface area (Å²) in [6.07, 6.45) is 4.17. The van der Waals surface area contributed by atoms with Crippen molar-refractivity contribution in [1.29, 1.82) is 0 Å². The molecule has 0 spiro atoms. The first-order valence-corrected chi connectivity index (χ1v) is 10.9. The number of likely N-dealkylation sites (tertiary alicyclic amines) is 1. The third kappa shape index (κ3) is 5.76. The Labute approximate surface area is 183 Å². The Morgan fingerprint density at radius 3 is 2.65 bits per heavy atom. The second-order valence-corrected chi connectivity index (χ2v) is 8.39. The summed E-state index contributed by atoms with van der Waals surface area (Å²) in [6, 6.07) is 17.9. The molecule has 0 radical (unpaired) electrons. The lowest BCUT2D eigenvalue weighted by atomic mass is 10.0. The standard InChI is InChI=1S/C26H30N2O3/c1-19(2)11-14-28-15-12-22(13-16-28)27-26(29)25-10-9-24(31-25)18-30-23-8-7-20-5-3-4-6-21(20)17-23/h3-11,17,22H,12-16,18H2,1-2H3,(H,27,29). The van der Waals surface area contributed by atoms with Crippen LogP contribution >= 0.6 is 0 Å². The molecule has 1 saturated heterocycles. The van der Waals surface area contributed by atoms with Crippen LogP contribution in [-0.2, 0) is 6.61 Å². The Morgan fingerprint density at radius 2 is 1.87 bits per heavy atom. The van der Waals surface area contributed by atoms with Crippen molar-refractivity contribution in [2.75, 3.05) is 19.6 Å². The third-order valence-electron chi connectivity index (χ3n) is 5.67. The monoisotopic (exact) mass is 418 g/mol. The van der Waals surface area contributed by atoms with Crippen molar-refractivity contribution in [1.82, 2.24) is 10.2 Å². The molecule has 1 fully saturated rings. The van der Waals surface area contributed by atoms with Gasteiger partial charge in [0.15, 0.2) is 5.76 Å². The molecule has 0 saturated carbocycles. The summed E-state index contributed by atoms with van der Waals surface area (Å²) in [5, 5.41) is 5.42. The van der Waals surface area contributed by atoms with Crippen molar-refractivity contribution in [2.45, 2.75) is 39.3 Å². The molecule has 1 aliphatic heterocycles. The highest BCUT2D eigenvalue weighted by molar-refractivity contribution is 5.91. The molecule has 1 N–H and O–H groups in total. The smallest absolute Gasteiger partial charge is 0.287 e. The van der Waals surface area contributed by atoms with Gasteiger partial charge in [0, 0.05) is 25.7 Å². The maximum absolute atomic E-state index is 12.6. The zero-order valence-electron chi connectivity index (χ0n) is 18.3. The highest BCUT2D eigenvalue weighted by atomic mass is 16.5. The molecule has 0 atom stereocenters. The van der Waals surface area contributed by atoms with Gasteiger partial charge in [0.2, 0.25) is 0 Å². The minimum Gasteiger partial charge on any atom is -0.486 e. The molecule has 0 unspecified atom stereocenters. The summed E-state index contributed by atoms with van der Waals surface area (Å²) in [5.41, 5.74) is 1.34. The largest absolute Gasteiger partial charge is 0.486 e. The van der Waals surface area contributed by atoms with Crippen LogP contribution in [0.25, 0.3) is 10.8 Å². The van der Waals surface area contributed by atoms with E-state index >= 15 is 0 Å². The van der Waals surface area contributed by atoms with Gasteiger partial charge in [-0.05, 0) is 61.7 Å². The minimum atomic E-state index is -0.153. The SMILES string of the molecule is CC(C)=CCN1CCC(NC(=O)c2ccc(COc3ccc4ccccc4c3)o2)CC1. The molecule has 31 heavy (non-hydrogen) atoms. The van der Waals surface area contributed by atoms with E-state index in [4.69, 9.17) is 9.15 Å². The van der Waals surface area contributed by atoms with Crippen LogP contribution in [-0.4, -0.2) is 36.5 Å². The number of nitrogens with zero attached hydrogens (tertiary/aromatic N) is 1. The molecule has 0 aliphatic carbocycles. The van der Waals surface area contributed by atoms with Gasteiger partial charge < -0.3 is 14.5 Å². The van der Waals surface area contributed by atoms with Crippen LogP contribution in [0.3, 0.4) is 0 Å². The number of nitrogens with one attached hydrogen (secondary N) is 1. The molecular formula is C26H30N2O3. The zero-order chi connectivity index (χ0) is 21.6. The van der Waals surface area contributed by atoms with E-state index in [2.05, 4.69) is 42.3 Å². The number of hydrogen-bond acceptors (Lipinski definition) is 4. The maximum Gasteiger partial charge on any atom is 0.287 e. The zero-order valence-corrected chi connectivity index (χ0v) is 18.3. The molecule has 2 heterocycles. The summed E-state index contributed by atoms with van der Waals surface area (Å²) >= 11 is 0. The van der Waals surface area contributed by atoms with Gasteiger partial charge >= 0.3 is 0 Å². The minimum absolute atomic E-state index is 0.153. The van der Waals surface area contributed by atoms with E-state index < -0.39 is 0 Å². The summed E-state index contributed by atoms with van der Waals surface area (Å²) in [7, 11) is 0. The molecular weight excluding hydrogens is 388 g/mol. The lowest BCUT2D eigenvalue weighted by molar-refractivity contribution is 0.0882. The lowest BCUT2D eigenvalue weighted by Gasteiger charge is -2.31. The number of amides is 1. The Balaban J connectivity index is 1.26. The fraction of sp³-hybridized carbons (Fsp3) is 0.346. The predicted octanol–water partition coefficient (Wildman–Crippen LogP) is 5.17. The molecule has 1 aliphatic rings. The van der Waals surface area contributed by atoms with E-state index in [-0.39, 0.29) is 18.6 Å². The van der Waals surface area contributed by atoms with Crippen molar-refractivity contribution in [3.63, 3.8) is 0 Å². The van der Waals surface area contributed by atoms with Crippen LogP contribution in [0, 0.1) is 0 Å². The lowest BCUT2D eigenvalue weighted by Crippen LogP contribution is -2.44. The van der Waals surface area contributed by atoms with Crippen LogP contribution in [0.1, 0.15) is 43.0 Å². The molecule has 4 rings (SSSR count). The van der Waals surface area contributed by atoms with Gasteiger partial charge in [-0.15, -0.1) is 0 Å². The molecule has 2 aromatic carbocycles. The van der Waals surface area contributed by atoms with E-state index in [1.807, 2.05) is 30.3 Å². The molecule has 0 bridgehead atoms. The van der Waals surface area contributed by atoms with Crippen molar-refractivity contribution in [2.24, 2.45) is 0 Å². The fourth-order valence-corrected chi connectivity index (χ4v) is 3.82. The van der Waals surface area contributed by atoms with Crippen molar-refractivity contribution in [3.8, 4) is 5.75 Å². The van der Waals surface area contributed by atoms with E-state index in [1.54, 1.807) is 12.1 Å². The van der Waals surface area contributed by atoms with Gasteiger partial charge in [0.1, 0.15) is 18.1 Å². The van der Waals surface area contributed by atoms with Gasteiger partial charge in [-0.1, -0.05) is 42.0 Å². The molecule has 5 nitrogen and oxygen atoms in total. The molecule has 3 aromatic rings. The second kappa shape index (κ2) is 9.84. The topological polar surface area (TPSA) is 54.7 Å². The predicted molar refractivity (Wildman–Crippen MR) is 123 cm³/mol. The maximum atomic E-state index is 12.6. The summed E-state index contributed by atoms with van der Waals surface area (Å²) in [6.45, 7) is 7.51. The Morgan fingerprint density at radius 1 is 1.10 bits per heavy atom. The number of carbonyl (C=O) groups is 1. The number of ether oxygens (including phenoxy) is 1. The first-order chi connectivity index (χ1) is 15.1. The number of furan rings is 1. The number of hydrogen-bond donors (Lipinski definition) is 1. The highest BCUT2D eigenvalue weighted by Crippen LogP contribution is 2.22. The van der Waals surface area contributed by atoms with Gasteiger partial charge in [0.25, 0.3) is 5.91 Å². The molecule has 1 aromatic heterocycles. The van der Waals surface area contributed by atoms with Crippen LogP contribution in [0.15, 0.2) is 70.7 Å². The van der Waals surface area contributed by atoms with E-state index in [9.17, 15) is 4.79 Å². The second-order valence-electron chi connectivity index (χ2n) is 8.39. The van der Waals surface area contributed by atoms with Crippen molar-refractivity contribution >= 4 is 16.7 Å². The van der Waals surface area contributed by atoms with Crippen LogP contribution in [0.5, 0.6) is 5.75 Å². The van der Waals surface area contributed by atoms with E-state index in [0.29, 0.717) is 11.5 Å². The van der Waals surface area contributed by atoms with Gasteiger partial charge in [-0.2, -0.15) is 0 Å². The number of fused-ring (bicyclic) bond motifs is 1. The Hall–Kier alpha value is -3.05. The van der Waals surface area contributed by atoms with Crippen LogP contribution in [0.4, 0.5) is 0 Å². The van der Waals surface area contributed by atoms with E-state index in [0.717, 1.165) is 43.6 Å². The summed E-state index contributed by atoms with van der Waals surface area (Å²) < 4.78 is 11.6. The van der Waals surface area contributed by atoms with Gasteiger partial charge in [0.05, 0.1) is 0 Å². The normalized spacial score (nSPS) is 15.0. The highest BCUT2D eigenvalue weighted by Gasteiger charge is 2.22. The average molecular weight is 419 g/mol. The number of carbonyl (C=O) groups excluding carboxylic acids is 1. The number of rotatable bonds is 7. The van der Waals surface area contributed by atoms with Crippen LogP contribution < -0.4 is 10.1 Å². The molecule has 1 amide bonds. The molecule has 162 valence electrons. The third-order valence-corrected chi connectivity index (χ3v) is 5.67. The average Bonchev–Trinajstić information content (AvgIpc) is 3.26. The Bertz CT molecular complexity index is 1060. The number of allylic oxidation sites excluding steroid dienone is 1. The first-order valence-electron chi connectivity index (χ1n) is 10.9. The van der Waals surface area contributed by atoms with Crippen molar-refractivity contribution in [3.05, 3.63) is 77.8 Å². The summed E-state index contributed by atoms with van der Waals surface area (Å²) in [4.78, 5) is 15.0. The van der Waals surface area contributed by atoms with Crippen molar-refractivity contribution < 1.29 is 13.9 Å².